The average Bonchev–Trinajstić information content (AvgIpc) is 2.71. The lowest BCUT2D eigenvalue weighted by atomic mass is 10.1. The molecule has 2 heterocycles. The van der Waals surface area contributed by atoms with E-state index < -0.39 is 0 Å². The van der Waals surface area contributed by atoms with Crippen LogP contribution in [0.2, 0.25) is 0 Å². The number of aromatic nitrogens is 2. The Kier molecular flexibility index (Phi) is 5.77. The van der Waals surface area contributed by atoms with E-state index >= 15 is 0 Å². The van der Waals surface area contributed by atoms with Crippen LogP contribution < -0.4 is 11.2 Å². The molecule has 0 radical (unpaired) electrons. The average molecular weight is 421 g/mol. The molecule has 4 rings (SSSR count). The molecule has 4 aromatic rings. The van der Waals surface area contributed by atoms with Gasteiger partial charge in [-0.05, 0) is 48.6 Å². The third-order valence-electron chi connectivity index (χ3n) is 5.10. The molecule has 0 unspecified atom stereocenters. The van der Waals surface area contributed by atoms with Crippen LogP contribution in [0.4, 0.5) is 0 Å². The summed E-state index contributed by atoms with van der Waals surface area (Å²) in [6, 6.07) is 14.8. The second-order valence-electron chi connectivity index (χ2n) is 7.93. The second-order valence-corrected chi connectivity index (χ2v) is 8.87. The van der Waals surface area contributed by atoms with Gasteiger partial charge in [0, 0.05) is 23.8 Å². The van der Waals surface area contributed by atoms with E-state index in [1.807, 2.05) is 49.4 Å². The van der Waals surface area contributed by atoms with E-state index in [4.69, 9.17) is 9.40 Å². The molecule has 5 nitrogen and oxygen atoms in total. The Hall–Kier alpha value is -2.86. The third kappa shape index (κ3) is 4.19. The van der Waals surface area contributed by atoms with Gasteiger partial charge in [-0.2, -0.15) is 0 Å². The van der Waals surface area contributed by atoms with Crippen molar-refractivity contribution < 1.29 is 4.42 Å². The molecule has 0 aliphatic rings. The maximum absolute atomic E-state index is 13.1. The summed E-state index contributed by atoms with van der Waals surface area (Å²) in [5.74, 6) is 1.00. The number of thioether (sulfide) groups is 1. The van der Waals surface area contributed by atoms with Gasteiger partial charge in [-0.3, -0.25) is 9.36 Å². The van der Waals surface area contributed by atoms with Gasteiger partial charge in [-0.25, -0.2) is 9.78 Å². The van der Waals surface area contributed by atoms with Crippen LogP contribution in [0.15, 0.2) is 67.7 Å². The van der Waals surface area contributed by atoms with Gasteiger partial charge < -0.3 is 4.42 Å². The minimum Gasteiger partial charge on any atom is -0.423 e. The highest BCUT2D eigenvalue weighted by Gasteiger charge is 2.14. The summed E-state index contributed by atoms with van der Waals surface area (Å²) < 4.78 is 7.13. The standard InChI is InChI=1S/C24H24N2O3S/c1-15(2)10-11-26-23(28)19-6-4-5-7-20(19)25-24(26)30-14-17-13-22(27)29-21-12-16(3)8-9-18(17)21/h4-9,12-13,15H,10-11,14H2,1-3H3. The van der Waals surface area contributed by atoms with E-state index in [0.717, 1.165) is 22.9 Å². The van der Waals surface area contributed by atoms with Gasteiger partial charge >= 0.3 is 5.63 Å². The molecular formula is C24H24N2O3S. The summed E-state index contributed by atoms with van der Waals surface area (Å²) in [6.07, 6.45) is 0.893. The zero-order valence-corrected chi connectivity index (χ0v) is 18.2. The molecule has 0 fully saturated rings. The predicted octanol–water partition coefficient (Wildman–Crippen LogP) is 5.15. The number of fused-ring (bicyclic) bond motifs is 2. The van der Waals surface area contributed by atoms with Crippen LogP contribution in [0.25, 0.3) is 21.9 Å². The zero-order chi connectivity index (χ0) is 21.3. The van der Waals surface area contributed by atoms with Gasteiger partial charge in [0.05, 0.1) is 10.9 Å². The lowest BCUT2D eigenvalue weighted by Crippen LogP contribution is -2.24. The summed E-state index contributed by atoms with van der Waals surface area (Å²) in [5.41, 5.74) is 2.81. The van der Waals surface area contributed by atoms with E-state index in [9.17, 15) is 9.59 Å². The normalized spacial score (nSPS) is 11.6. The Morgan fingerprint density at radius 1 is 1.07 bits per heavy atom. The van der Waals surface area contributed by atoms with Crippen LogP contribution in [0.3, 0.4) is 0 Å². The molecule has 6 heteroatoms. The number of hydrogen-bond donors (Lipinski definition) is 0. The first kappa shape index (κ1) is 20.4. The van der Waals surface area contributed by atoms with Gasteiger partial charge in [0.15, 0.2) is 5.16 Å². The molecule has 0 bridgehead atoms. The Bertz CT molecular complexity index is 1340. The molecule has 2 aromatic heterocycles. The Labute approximate surface area is 178 Å². The molecule has 0 saturated heterocycles. The van der Waals surface area contributed by atoms with Gasteiger partial charge in [0.1, 0.15) is 5.58 Å². The van der Waals surface area contributed by atoms with Crippen molar-refractivity contribution in [1.29, 1.82) is 0 Å². The van der Waals surface area contributed by atoms with Crippen molar-refractivity contribution >= 4 is 33.6 Å². The Morgan fingerprint density at radius 2 is 1.87 bits per heavy atom. The van der Waals surface area contributed by atoms with Gasteiger partial charge in [-0.1, -0.05) is 49.9 Å². The first-order valence-electron chi connectivity index (χ1n) is 10.1. The van der Waals surface area contributed by atoms with Crippen molar-refractivity contribution in [3.63, 3.8) is 0 Å². The summed E-state index contributed by atoms with van der Waals surface area (Å²) in [5, 5.41) is 2.21. The van der Waals surface area contributed by atoms with E-state index in [1.54, 1.807) is 4.57 Å². The molecule has 0 atom stereocenters. The molecule has 30 heavy (non-hydrogen) atoms. The molecular weight excluding hydrogens is 396 g/mol. The number of nitrogens with zero attached hydrogens (tertiary/aromatic N) is 2. The highest BCUT2D eigenvalue weighted by Crippen LogP contribution is 2.27. The van der Waals surface area contributed by atoms with Crippen LogP contribution in [-0.4, -0.2) is 9.55 Å². The Balaban J connectivity index is 1.75. The smallest absolute Gasteiger partial charge is 0.336 e. The van der Waals surface area contributed by atoms with Gasteiger partial charge in [0.25, 0.3) is 5.56 Å². The minimum atomic E-state index is -0.368. The first-order valence-corrected chi connectivity index (χ1v) is 11.1. The maximum Gasteiger partial charge on any atom is 0.336 e. The minimum absolute atomic E-state index is 0.0168. The molecule has 0 N–H and O–H groups in total. The van der Waals surface area contributed by atoms with E-state index in [1.165, 1.54) is 17.8 Å². The number of benzene rings is 2. The van der Waals surface area contributed by atoms with Crippen molar-refractivity contribution in [2.75, 3.05) is 0 Å². The SMILES string of the molecule is Cc1ccc2c(CSc3nc4ccccc4c(=O)n3CCC(C)C)cc(=O)oc2c1. The largest absolute Gasteiger partial charge is 0.423 e. The number of para-hydroxylation sites is 1. The van der Waals surface area contributed by atoms with E-state index in [-0.39, 0.29) is 11.2 Å². The van der Waals surface area contributed by atoms with E-state index in [0.29, 0.717) is 39.9 Å². The summed E-state index contributed by atoms with van der Waals surface area (Å²) >= 11 is 1.48. The molecule has 0 saturated carbocycles. The monoisotopic (exact) mass is 420 g/mol. The van der Waals surface area contributed by atoms with Crippen LogP contribution in [-0.2, 0) is 12.3 Å². The third-order valence-corrected chi connectivity index (χ3v) is 6.12. The molecule has 0 aliphatic carbocycles. The quantitative estimate of drug-likeness (QED) is 0.245. The number of aryl methyl sites for hydroxylation is 1. The maximum atomic E-state index is 13.1. The van der Waals surface area contributed by atoms with Crippen molar-refractivity contribution in [3.8, 4) is 0 Å². The highest BCUT2D eigenvalue weighted by molar-refractivity contribution is 7.98. The summed E-state index contributed by atoms with van der Waals surface area (Å²) in [4.78, 5) is 29.9. The van der Waals surface area contributed by atoms with Crippen LogP contribution >= 0.6 is 11.8 Å². The van der Waals surface area contributed by atoms with Crippen LogP contribution in [0, 0.1) is 12.8 Å². The zero-order valence-electron chi connectivity index (χ0n) is 17.3. The van der Waals surface area contributed by atoms with Crippen LogP contribution in [0.1, 0.15) is 31.4 Å². The fourth-order valence-electron chi connectivity index (χ4n) is 3.44. The first-order chi connectivity index (χ1) is 14.4. The topological polar surface area (TPSA) is 65.1 Å². The van der Waals surface area contributed by atoms with Gasteiger partial charge in [-0.15, -0.1) is 0 Å². The summed E-state index contributed by atoms with van der Waals surface area (Å²) in [6.45, 7) is 6.87. The number of rotatable bonds is 6. The Morgan fingerprint density at radius 3 is 2.67 bits per heavy atom. The van der Waals surface area contributed by atoms with Crippen molar-refractivity contribution in [3.05, 3.63) is 80.4 Å². The second kappa shape index (κ2) is 8.48. The molecule has 154 valence electrons. The molecule has 0 aliphatic heterocycles. The molecule has 0 amide bonds. The lowest BCUT2D eigenvalue weighted by molar-refractivity contribution is 0.481. The fourth-order valence-corrected chi connectivity index (χ4v) is 4.46. The lowest BCUT2D eigenvalue weighted by Gasteiger charge is -2.14. The van der Waals surface area contributed by atoms with Gasteiger partial charge in [0.2, 0.25) is 0 Å². The van der Waals surface area contributed by atoms with E-state index in [2.05, 4.69) is 13.8 Å². The van der Waals surface area contributed by atoms with Crippen LogP contribution in [0.5, 0.6) is 0 Å². The number of hydrogen-bond acceptors (Lipinski definition) is 5. The van der Waals surface area contributed by atoms with Crippen molar-refractivity contribution in [1.82, 2.24) is 9.55 Å². The van der Waals surface area contributed by atoms with Crippen molar-refractivity contribution in [2.24, 2.45) is 5.92 Å². The molecule has 0 spiro atoms. The predicted molar refractivity (Wildman–Crippen MR) is 122 cm³/mol. The fraction of sp³-hybridized carbons (Fsp3) is 0.292. The molecule has 2 aromatic carbocycles. The van der Waals surface area contributed by atoms with Crippen molar-refractivity contribution in [2.45, 2.75) is 44.6 Å². The highest BCUT2D eigenvalue weighted by atomic mass is 32.2. The summed E-state index contributed by atoms with van der Waals surface area (Å²) in [7, 11) is 0.